The number of fused-ring (bicyclic) bond motifs is 1. The van der Waals surface area contributed by atoms with Crippen molar-refractivity contribution < 1.29 is 18.7 Å². The summed E-state index contributed by atoms with van der Waals surface area (Å²) in [6, 6.07) is 13.0. The number of benzene rings is 2. The maximum atomic E-state index is 14.5. The molecule has 3 aromatic rings. The number of carbonyl (C=O) groups excluding carboxylic acids is 2. The fraction of sp³-hybridized carbons (Fsp3) is 0.484. The van der Waals surface area contributed by atoms with Gasteiger partial charge in [-0.15, -0.1) is 0 Å². The van der Waals surface area contributed by atoms with Gasteiger partial charge in [0.2, 0.25) is 5.91 Å². The molecular weight excluding hydrogens is 545 g/mol. The lowest BCUT2D eigenvalue weighted by atomic mass is 9.88. The van der Waals surface area contributed by atoms with Crippen LogP contribution < -0.4 is 0 Å². The summed E-state index contributed by atoms with van der Waals surface area (Å²) in [4.78, 5) is 38.2. The first kappa shape index (κ1) is 28.2. The van der Waals surface area contributed by atoms with E-state index in [2.05, 4.69) is 20.9 Å². The van der Waals surface area contributed by atoms with Gasteiger partial charge >= 0.3 is 0 Å². The smallest absolute Gasteiger partial charge is 0.270 e. The molecule has 41 heavy (non-hydrogen) atoms. The Bertz CT molecular complexity index is 1370. The van der Waals surface area contributed by atoms with E-state index < -0.39 is 0 Å². The molecule has 3 fully saturated rings. The maximum absolute atomic E-state index is 14.5. The molecule has 6 rings (SSSR count). The molecule has 3 aliphatic heterocycles. The lowest BCUT2D eigenvalue weighted by molar-refractivity contribution is -0.136. The fourth-order valence-electron chi connectivity index (χ4n) is 6.42. The zero-order chi connectivity index (χ0) is 28.3. The Kier molecular flexibility index (Phi) is 8.57. The second-order valence-electron chi connectivity index (χ2n) is 11.3. The predicted molar refractivity (Wildman–Crippen MR) is 157 cm³/mol. The number of piperazine rings is 1. The van der Waals surface area contributed by atoms with Crippen molar-refractivity contribution >= 4 is 34.3 Å². The van der Waals surface area contributed by atoms with Crippen LogP contribution in [0, 0.1) is 5.82 Å². The van der Waals surface area contributed by atoms with Gasteiger partial charge < -0.3 is 19.5 Å². The van der Waals surface area contributed by atoms with Crippen molar-refractivity contribution in [2.75, 3.05) is 72.1 Å². The van der Waals surface area contributed by atoms with E-state index in [9.17, 15) is 14.0 Å². The van der Waals surface area contributed by atoms with Gasteiger partial charge in [-0.3, -0.25) is 19.4 Å². The number of para-hydroxylation sites is 1. The number of carbonyl (C=O) groups is 2. The Morgan fingerprint density at radius 3 is 2.34 bits per heavy atom. The average Bonchev–Trinajstić information content (AvgIpc) is 3.36. The second-order valence-corrected chi connectivity index (χ2v) is 11.7. The summed E-state index contributed by atoms with van der Waals surface area (Å²) in [6.45, 7) is 7.63. The van der Waals surface area contributed by atoms with E-state index >= 15 is 0 Å². The Balaban J connectivity index is 1.11. The zero-order valence-corrected chi connectivity index (χ0v) is 24.0. The lowest BCUT2D eigenvalue weighted by Gasteiger charge is -2.36. The van der Waals surface area contributed by atoms with Crippen molar-refractivity contribution in [1.82, 2.24) is 24.6 Å². The highest BCUT2D eigenvalue weighted by molar-refractivity contribution is 6.31. The number of amides is 2. The van der Waals surface area contributed by atoms with Crippen LogP contribution in [0.3, 0.4) is 0 Å². The van der Waals surface area contributed by atoms with Gasteiger partial charge in [-0.25, -0.2) is 4.39 Å². The summed E-state index contributed by atoms with van der Waals surface area (Å²) in [7, 11) is 0. The lowest BCUT2D eigenvalue weighted by Crippen LogP contribution is -2.52. The Morgan fingerprint density at radius 2 is 1.61 bits per heavy atom. The summed E-state index contributed by atoms with van der Waals surface area (Å²) >= 11 is 6.35. The molecular formula is C31H37ClFN5O3. The summed E-state index contributed by atoms with van der Waals surface area (Å²) in [5, 5.41) is 1.56. The highest BCUT2D eigenvalue weighted by atomic mass is 35.5. The van der Waals surface area contributed by atoms with Crippen LogP contribution in [0.15, 0.2) is 42.5 Å². The van der Waals surface area contributed by atoms with Crippen LogP contribution in [0.1, 0.15) is 40.4 Å². The van der Waals surface area contributed by atoms with Gasteiger partial charge in [0.05, 0.1) is 19.8 Å². The number of piperidine rings is 1. The van der Waals surface area contributed by atoms with Crippen LogP contribution in [0.5, 0.6) is 0 Å². The van der Waals surface area contributed by atoms with Gasteiger partial charge in [-0.2, -0.15) is 0 Å². The SMILES string of the molecule is O=C(CN1CCN(C(=O)c2[nH]c3ccccc3c2CN2CCC(c3c(F)cccc3Cl)CC2)CC1)N1CCOCC1. The second kappa shape index (κ2) is 12.5. The molecule has 8 nitrogen and oxygen atoms in total. The molecule has 0 aliphatic carbocycles. The van der Waals surface area contributed by atoms with E-state index in [-0.39, 0.29) is 23.5 Å². The quantitative estimate of drug-likeness (QED) is 0.477. The van der Waals surface area contributed by atoms with Crippen LogP contribution >= 0.6 is 11.6 Å². The molecule has 2 amide bonds. The number of nitrogens with zero attached hydrogens (tertiary/aromatic N) is 4. The van der Waals surface area contributed by atoms with Crippen LogP contribution in [-0.2, 0) is 16.1 Å². The van der Waals surface area contributed by atoms with Crippen LogP contribution in [-0.4, -0.2) is 109 Å². The van der Waals surface area contributed by atoms with E-state index in [1.807, 2.05) is 28.0 Å². The number of aromatic amines is 1. The number of rotatable bonds is 6. The van der Waals surface area contributed by atoms with Crippen molar-refractivity contribution in [2.24, 2.45) is 0 Å². The molecule has 0 unspecified atom stereocenters. The monoisotopic (exact) mass is 581 g/mol. The fourth-order valence-corrected chi connectivity index (χ4v) is 6.74. The molecule has 1 aromatic heterocycles. The van der Waals surface area contributed by atoms with Crippen molar-refractivity contribution in [3.63, 3.8) is 0 Å². The van der Waals surface area contributed by atoms with Gasteiger partial charge in [0.25, 0.3) is 5.91 Å². The summed E-state index contributed by atoms with van der Waals surface area (Å²) in [5.41, 5.74) is 3.23. The molecule has 218 valence electrons. The number of hydrogen-bond donors (Lipinski definition) is 1. The van der Waals surface area contributed by atoms with Gasteiger partial charge in [-0.05, 0) is 50.0 Å². The van der Waals surface area contributed by atoms with E-state index in [1.54, 1.807) is 12.1 Å². The topological polar surface area (TPSA) is 72.1 Å². The molecule has 0 saturated carbocycles. The molecule has 4 heterocycles. The van der Waals surface area contributed by atoms with Gasteiger partial charge in [-0.1, -0.05) is 35.9 Å². The number of ether oxygens (including phenoxy) is 1. The minimum Gasteiger partial charge on any atom is -0.378 e. The zero-order valence-electron chi connectivity index (χ0n) is 23.3. The van der Waals surface area contributed by atoms with Crippen LogP contribution in [0.4, 0.5) is 4.39 Å². The number of halogens is 2. The van der Waals surface area contributed by atoms with E-state index in [0.717, 1.165) is 42.4 Å². The normalized spacial score (nSPS) is 19.7. The van der Waals surface area contributed by atoms with Crippen molar-refractivity contribution in [3.05, 3.63) is 70.1 Å². The van der Waals surface area contributed by atoms with Gasteiger partial charge in [0, 0.05) is 72.9 Å². The number of aromatic nitrogens is 1. The summed E-state index contributed by atoms with van der Waals surface area (Å²) < 4.78 is 19.9. The Hall–Kier alpha value is -2.98. The van der Waals surface area contributed by atoms with Crippen molar-refractivity contribution in [3.8, 4) is 0 Å². The number of hydrogen-bond acceptors (Lipinski definition) is 5. The van der Waals surface area contributed by atoms with E-state index in [4.69, 9.17) is 16.3 Å². The third kappa shape index (κ3) is 6.14. The van der Waals surface area contributed by atoms with E-state index in [0.29, 0.717) is 81.9 Å². The Labute approximate surface area is 245 Å². The first-order chi connectivity index (χ1) is 20.0. The number of nitrogens with one attached hydrogen (secondary N) is 1. The number of likely N-dealkylation sites (tertiary alicyclic amines) is 1. The molecule has 1 N–H and O–H groups in total. The number of morpholine rings is 1. The molecule has 3 saturated heterocycles. The standard InChI is InChI=1S/C31H37ClFN5O3/c32-25-5-3-6-26(33)29(25)22-8-10-35(11-9-22)20-24-23-4-1-2-7-27(23)34-30(24)31(40)38-14-12-36(13-15-38)21-28(39)37-16-18-41-19-17-37/h1-7,22,34H,8-21H2. The average molecular weight is 582 g/mol. The van der Waals surface area contributed by atoms with Crippen LogP contribution in [0.25, 0.3) is 10.9 Å². The van der Waals surface area contributed by atoms with E-state index in [1.165, 1.54) is 6.07 Å². The molecule has 0 bridgehead atoms. The molecule has 10 heteroatoms. The summed E-state index contributed by atoms with van der Waals surface area (Å²) in [6.07, 6.45) is 1.63. The van der Waals surface area contributed by atoms with Gasteiger partial charge in [0.15, 0.2) is 0 Å². The third-order valence-corrected chi connectivity index (χ3v) is 9.12. The molecule has 0 spiro atoms. The largest absolute Gasteiger partial charge is 0.378 e. The first-order valence-corrected chi connectivity index (χ1v) is 15.0. The van der Waals surface area contributed by atoms with Crippen molar-refractivity contribution in [1.29, 1.82) is 0 Å². The maximum Gasteiger partial charge on any atom is 0.270 e. The van der Waals surface area contributed by atoms with Crippen LogP contribution in [0.2, 0.25) is 5.02 Å². The molecule has 0 radical (unpaired) electrons. The third-order valence-electron chi connectivity index (χ3n) is 8.79. The molecule has 2 aromatic carbocycles. The highest BCUT2D eigenvalue weighted by Crippen LogP contribution is 2.35. The molecule has 0 atom stereocenters. The Morgan fingerprint density at radius 1 is 0.878 bits per heavy atom. The minimum absolute atomic E-state index is 0.00313. The number of H-pyrrole nitrogens is 1. The van der Waals surface area contributed by atoms with Crippen molar-refractivity contribution in [2.45, 2.75) is 25.3 Å². The summed E-state index contributed by atoms with van der Waals surface area (Å²) in [5.74, 6) is -0.00290. The highest BCUT2D eigenvalue weighted by Gasteiger charge is 2.30. The predicted octanol–water partition coefficient (Wildman–Crippen LogP) is 3.96. The first-order valence-electron chi connectivity index (χ1n) is 14.6. The van der Waals surface area contributed by atoms with Gasteiger partial charge in [0.1, 0.15) is 11.5 Å². The minimum atomic E-state index is -0.231. The molecule has 3 aliphatic rings.